The van der Waals surface area contributed by atoms with E-state index in [2.05, 4.69) is 0 Å². The maximum absolute atomic E-state index is 12.4. The molecule has 0 aromatic heterocycles. The third kappa shape index (κ3) is 5.65. The van der Waals surface area contributed by atoms with Gasteiger partial charge in [-0.05, 0) is 45.0 Å². The van der Waals surface area contributed by atoms with Crippen molar-refractivity contribution in [2.45, 2.75) is 45.7 Å². The number of carbonyl (C=O) groups excluding carboxylic acids is 2. The van der Waals surface area contributed by atoms with Gasteiger partial charge in [-0.15, -0.1) is 0 Å². The van der Waals surface area contributed by atoms with Crippen molar-refractivity contribution in [3.63, 3.8) is 0 Å². The lowest BCUT2D eigenvalue weighted by Gasteiger charge is -2.18. The highest BCUT2D eigenvalue weighted by Gasteiger charge is 2.39. The zero-order chi connectivity index (χ0) is 20.8. The molecule has 2 aromatic rings. The van der Waals surface area contributed by atoms with Crippen LogP contribution in [0.2, 0.25) is 0 Å². The molecule has 6 heteroatoms. The summed E-state index contributed by atoms with van der Waals surface area (Å²) in [5.41, 5.74) is 3.09. The molecule has 3 atom stereocenters. The third-order valence-corrected chi connectivity index (χ3v) is 4.69. The van der Waals surface area contributed by atoms with E-state index in [1.54, 1.807) is 24.3 Å². The fourth-order valence-corrected chi connectivity index (χ4v) is 3.06. The molecule has 2 aromatic carbocycles. The van der Waals surface area contributed by atoms with Gasteiger partial charge in [-0.1, -0.05) is 35.4 Å². The molecule has 0 radical (unpaired) electrons. The maximum atomic E-state index is 12.4. The first-order valence-electron chi connectivity index (χ1n) is 9.74. The normalized spacial score (nSPS) is 21.0. The van der Waals surface area contributed by atoms with Gasteiger partial charge in [-0.25, -0.2) is 9.59 Å². The van der Waals surface area contributed by atoms with Gasteiger partial charge in [0.05, 0.1) is 17.2 Å². The van der Waals surface area contributed by atoms with Crippen LogP contribution in [0.15, 0.2) is 48.5 Å². The van der Waals surface area contributed by atoms with Gasteiger partial charge in [0.1, 0.15) is 6.61 Å². The fraction of sp³-hybridized carbons (Fsp3) is 0.391. The number of carbonyl (C=O) groups is 2. The predicted molar refractivity (Wildman–Crippen MR) is 107 cm³/mol. The number of benzene rings is 2. The van der Waals surface area contributed by atoms with E-state index in [-0.39, 0.29) is 6.61 Å². The van der Waals surface area contributed by atoms with E-state index >= 15 is 0 Å². The second-order valence-corrected chi connectivity index (χ2v) is 7.09. The molecule has 6 nitrogen and oxygen atoms in total. The highest BCUT2D eigenvalue weighted by atomic mass is 16.7. The van der Waals surface area contributed by atoms with Crippen LogP contribution in [-0.4, -0.2) is 43.7 Å². The SMILES string of the molecule is CCO[C@H]1O[C@@H](COC(=O)c2ccc(C)cc2)C[C@H]1OC(=O)c1ccc(C)cc1. The van der Waals surface area contributed by atoms with E-state index in [1.165, 1.54) is 0 Å². The summed E-state index contributed by atoms with van der Waals surface area (Å²) >= 11 is 0. The van der Waals surface area contributed by atoms with E-state index in [4.69, 9.17) is 18.9 Å². The zero-order valence-electron chi connectivity index (χ0n) is 16.9. The first-order valence-corrected chi connectivity index (χ1v) is 9.74. The van der Waals surface area contributed by atoms with Crippen LogP contribution in [0.1, 0.15) is 45.2 Å². The van der Waals surface area contributed by atoms with Crippen LogP contribution < -0.4 is 0 Å². The Balaban J connectivity index is 1.56. The van der Waals surface area contributed by atoms with Crippen LogP contribution in [0.5, 0.6) is 0 Å². The van der Waals surface area contributed by atoms with Crippen LogP contribution in [0.3, 0.4) is 0 Å². The Hall–Kier alpha value is -2.70. The van der Waals surface area contributed by atoms with Gasteiger partial charge < -0.3 is 18.9 Å². The third-order valence-electron chi connectivity index (χ3n) is 4.69. The molecule has 154 valence electrons. The molecule has 0 unspecified atom stereocenters. The minimum atomic E-state index is -0.683. The van der Waals surface area contributed by atoms with Crippen molar-refractivity contribution in [1.82, 2.24) is 0 Å². The summed E-state index contributed by atoms with van der Waals surface area (Å²) in [6.07, 6.45) is -1.26. The van der Waals surface area contributed by atoms with Crippen LogP contribution in [0.4, 0.5) is 0 Å². The largest absolute Gasteiger partial charge is 0.459 e. The molecule has 1 saturated heterocycles. The Morgan fingerprint density at radius 2 is 1.48 bits per heavy atom. The van der Waals surface area contributed by atoms with Gasteiger partial charge >= 0.3 is 11.9 Å². The van der Waals surface area contributed by atoms with Crippen molar-refractivity contribution in [2.75, 3.05) is 13.2 Å². The number of aryl methyl sites for hydroxylation is 2. The molecular formula is C23H26O6. The summed E-state index contributed by atoms with van der Waals surface area (Å²) in [6, 6.07) is 14.3. The van der Waals surface area contributed by atoms with Crippen molar-refractivity contribution < 1.29 is 28.5 Å². The monoisotopic (exact) mass is 398 g/mol. The Kier molecular flexibility index (Phi) is 7.01. The van der Waals surface area contributed by atoms with Crippen molar-refractivity contribution in [2.24, 2.45) is 0 Å². The number of esters is 2. The Morgan fingerprint density at radius 3 is 2.03 bits per heavy atom. The Morgan fingerprint density at radius 1 is 0.931 bits per heavy atom. The average Bonchev–Trinajstić information content (AvgIpc) is 3.09. The number of hydrogen-bond acceptors (Lipinski definition) is 6. The summed E-state index contributed by atoms with van der Waals surface area (Å²) in [5.74, 6) is -0.845. The summed E-state index contributed by atoms with van der Waals surface area (Å²) in [7, 11) is 0. The van der Waals surface area contributed by atoms with Gasteiger partial charge in [0.2, 0.25) is 0 Å². The molecular weight excluding hydrogens is 372 g/mol. The van der Waals surface area contributed by atoms with Crippen molar-refractivity contribution in [3.05, 3.63) is 70.8 Å². The molecule has 1 aliphatic heterocycles. The molecule has 0 amide bonds. The number of rotatable bonds is 7. The first kappa shape index (κ1) is 21.0. The van der Waals surface area contributed by atoms with Gasteiger partial charge in [-0.3, -0.25) is 0 Å². The average molecular weight is 398 g/mol. The molecule has 3 rings (SSSR count). The quantitative estimate of drug-likeness (QED) is 0.660. The van der Waals surface area contributed by atoms with E-state index in [0.29, 0.717) is 24.2 Å². The summed E-state index contributed by atoms with van der Waals surface area (Å²) < 4.78 is 22.3. The van der Waals surface area contributed by atoms with Gasteiger partial charge in [0.15, 0.2) is 12.4 Å². The van der Waals surface area contributed by atoms with E-state index in [9.17, 15) is 9.59 Å². The van der Waals surface area contributed by atoms with E-state index in [0.717, 1.165) is 11.1 Å². The van der Waals surface area contributed by atoms with Gasteiger partial charge in [0.25, 0.3) is 0 Å². The first-order chi connectivity index (χ1) is 14.0. The van der Waals surface area contributed by atoms with Crippen LogP contribution in [0, 0.1) is 13.8 Å². The van der Waals surface area contributed by atoms with E-state index < -0.39 is 30.4 Å². The molecule has 0 aliphatic carbocycles. The van der Waals surface area contributed by atoms with Gasteiger partial charge in [0, 0.05) is 13.0 Å². The molecule has 1 aliphatic rings. The minimum absolute atomic E-state index is 0.0644. The lowest BCUT2D eigenvalue weighted by molar-refractivity contribution is -0.167. The van der Waals surface area contributed by atoms with Gasteiger partial charge in [-0.2, -0.15) is 0 Å². The highest BCUT2D eigenvalue weighted by molar-refractivity contribution is 5.90. The van der Waals surface area contributed by atoms with Crippen LogP contribution in [0.25, 0.3) is 0 Å². The zero-order valence-corrected chi connectivity index (χ0v) is 16.9. The van der Waals surface area contributed by atoms with Crippen molar-refractivity contribution in [3.8, 4) is 0 Å². The van der Waals surface area contributed by atoms with Crippen LogP contribution >= 0.6 is 0 Å². The lowest BCUT2D eigenvalue weighted by atomic mass is 10.1. The Bertz CT molecular complexity index is 827. The molecule has 0 N–H and O–H groups in total. The molecule has 1 heterocycles. The molecule has 1 fully saturated rings. The highest BCUT2D eigenvalue weighted by Crippen LogP contribution is 2.26. The van der Waals surface area contributed by atoms with E-state index in [1.807, 2.05) is 45.0 Å². The predicted octanol–water partition coefficient (Wildman–Crippen LogP) is 3.84. The minimum Gasteiger partial charge on any atom is -0.459 e. The smallest absolute Gasteiger partial charge is 0.338 e. The standard InChI is InChI=1S/C23H26O6/c1-4-26-23-20(29-22(25)18-11-7-16(3)8-12-18)13-19(28-23)14-27-21(24)17-9-5-15(2)6-10-17/h5-12,19-20,23H,4,13-14H2,1-3H3/t19-,20-,23+/m1/s1. The summed E-state index contributed by atoms with van der Waals surface area (Å²) in [4.78, 5) is 24.6. The topological polar surface area (TPSA) is 71.1 Å². The number of hydrogen-bond donors (Lipinski definition) is 0. The van der Waals surface area contributed by atoms with Crippen molar-refractivity contribution in [1.29, 1.82) is 0 Å². The second kappa shape index (κ2) is 9.67. The van der Waals surface area contributed by atoms with Crippen LogP contribution in [-0.2, 0) is 18.9 Å². The molecule has 0 saturated carbocycles. The fourth-order valence-electron chi connectivity index (χ4n) is 3.06. The summed E-state index contributed by atoms with van der Waals surface area (Å²) in [5, 5.41) is 0. The Labute approximate surface area is 170 Å². The summed E-state index contributed by atoms with van der Waals surface area (Å²) in [6.45, 7) is 6.22. The lowest BCUT2D eigenvalue weighted by Crippen LogP contribution is -2.29. The molecule has 29 heavy (non-hydrogen) atoms. The number of ether oxygens (including phenoxy) is 4. The second-order valence-electron chi connectivity index (χ2n) is 7.09. The van der Waals surface area contributed by atoms with Crippen molar-refractivity contribution >= 4 is 11.9 Å². The molecule has 0 bridgehead atoms. The molecule has 0 spiro atoms. The maximum Gasteiger partial charge on any atom is 0.338 e.